The van der Waals surface area contributed by atoms with Crippen molar-refractivity contribution in [1.29, 1.82) is 0 Å². The normalized spacial score (nSPS) is 14.3. The molecule has 0 radical (unpaired) electrons. The number of halogens is 3. The van der Waals surface area contributed by atoms with Crippen molar-refractivity contribution in [2.24, 2.45) is 5.73 Å². The van der Waals surface area contributed by atoms with Gasteiger partial charge >= 0.3 is 25.5 Å². The van der Waals surface area contributed by atoms with Crippen molar-refractivity contribution in [3.63, 3.8) is 0 Å². The van der Waals surface area contributed by atoms with Crippen LogP contribution < -0.4 is 19.9 Å². The second kappa shape index (κ2) is 21.9. The minimum absolute atomic E-state index is 0. The molecule has 0 saturated heterocycles. The summed E-state index contributed by atoms with van der Waals surface area (Å²) in [5, 5.41) is 2.43. The van der Waals surface area contributed by atoms with Crippen LogP contribution in [0.15, 0.2) is 60.7 Å². The van der Waals surface area contributed by atoms with E-state index < -0.39 is 31.6 Å². The third-order valence-electron chi connectivity index (χ3n) is 3.75. The van der Waals surface area contributed by atoms with Gasteiger partial charge in [-0.1, -0.05) is 43.8 Å². The first-order valence-electron chi connectivity index (χ1n) is 11.9. The van der Waals surface area contributed by atoms with Gasteiger partial charge in [0.2, 0.25) is 0 Å². The molecule has 2 aromatic rings. The van der Waals surface area contributed by atoms with Gasteiger partial charge in [0.15, 0.2) is 0 Å². The monoisotopic (exact) mass is 678 g/mol. The Morgan fingerprint density at radius 2 is 1.12 bits per heavy atom. The van der Waals surface area contributed by atoms with Crippen molar-refractivity contribution in [3.05, 3.63) is 60.7 Å². The van der Waals surface area contributed by atoms with E-state index in [-0.39, 0.29) is 38.0 Å². The number of ether oxygens (including phenoxy) is 2. The van der Waals surface area contributed by atoms with Crippen LogP contribution in [0.25, 0.3) is 0 Å². The van der Waals surface area contributed by atoms with Crippen molar-refractivity contribution < 1.29 is 37.2 Å². The van der Waals surface area contributed by atoms with Gasteiger partial charge < -0.3 is 24.3 Å². The van der Waals surface area contributed by atoms with E-state index in [2.05, 4.69) is 5.09 Å². The largest absolute Gasteiger partial charge is 0.462 e. The molecule has 0 aliphatic carbocycles. The molecule has 0 aliphatic heterocycles. The minimum Gasteiger partial charge on any atom is -0.462 e. The number of nitrogens with one attached hydrogen (secondary N) is 1. The third-order valence-corrected chi connectivity index (χ3v) is 6.14. The number of benzene rings is 2. The Morgan fingerprint density at radius 1 is 0.756 bits per heavy atom. The van der Waals surface area contributed by atoms with E-state index in [0.29, 0.717) is 11.5 Å². The predicted molar refractivity (Wildman–Crippen MR) is 170 cm³/mol. The Hall–Kier alpha value is -1.77. The molecule has 2 rings (SSSR count). The second-order valence-corrected chi connectivity index (χ2v) is 14.9. The Labute approximate surface area is 259 Å². The van der Waals surface area contributed by atoms with E-state index >= 15 is 0 Å². The van der Waals surface area contributed by atoms with Gasteiger partial charge in [0.25, 0.3) is 0 Å². The van der Waals surface area contributed by atoms with Gasteiger partial charge in [-0.2, -0.15) is 0 Å². The zero-order chi connectivity index (χ0) is 30.2. The molecule has 0 saturated carbocycles. The average Bonchev–Trinajstić information content (AvgIpc) is 2.78. The van der Waals surface area contributed by atoms with Gasteiger partial charge in [0.1, 0.15) is 23.6 Å². The molecule has 15 heteroatoms. The highest BCUT2D eigenvalue weighted by Crippen LogP contribution is 2.49. The van der Waals surface area contributed by atoms with Crippen LogP contribution in [0.4, 0.5) is 0 Å². The zero-order valence-corrected chi connectivity index (χ0v) is 27.6. The molecule has 41 heavy (non-hydrogen) atoms. The fourth-order valence-corrected chi connectivity index (χ4v) is 4.70. The van der Waals surface area contributed by atoms with E-state index in [4.69, 9.17) is 46.7 Å². The predicted octanol–water partition coefficient (Wildman–Crippen LogP) is 7.81. The Balaban J connectivity index is -0.000000563. The van der Waals surface area contributed by atoms with E-state index in [9.17, 15) is 18.7 Å². The van der Waals surface area contributed by atoms with Crippen molar-refractivity contribution in [2.75, 3.05) is 6.66 Å². The number of carbonyl (C=O) groups excluding carboxylic acids is 2. The lowest BCUT2D eigenvalue weighted by atomic mass is 10.3. The Bertz CT molecular complexity index is 1090. The Kier molecular flexibility index (Phi) is 23.3. The number of para-hydroxylation sites is 2. The van der Waals surface area contributed by atoms with E-state index in [1.165, 1.54) is 13.6 Å². The quantitative estimate of drug-likeness (QED) is 0.188. The van der Waals surface area contributed by atoms with Gasteiger partial charge in [-0.3, -0.25) is 14.2 Å². The molecule has 2 aromatic carbocycles. The number of nitrogens with two attached hydrogens (primary N) is 1. The highest BCUT2D eigenvalue weighted by molar-refractivity contribution is 7.85. The maximum atomic E-state index is 12.0. The summed E-state index contributed by atoms with van der Waals surface area (Å²) >= 11 is 11.2. The molecule has 10 nitrogen and oxygen atoms in total. The third kappa shape index (κ3) is 24.5. The van der Waals surface area contributed by atoms with Gasteiger partial charge in [0.05, 0.1) is 12.2 Å². The molecule has 0 bridgehead atoms. The van der Waals surface area contributed by atoms with Crippen LogP contribution in [0, 0.1) is 0 Å². The van der Waals surface area contributed by atoms with Gasteiger partial charge in [0, 0.05) is 17.9 Å². The molecule has 236 valence electrons. The highest BCUT2D eigenvalue weighted by Gasteiger charge is 2.28. The van der Waals surface area contributed by atoms with Crippen molar-refractivity contribution in [1.82, 2.24) is 5.09 Å². The van der Waals surface area contributed by atoms with E-state index in [0.717, 1.165) is 0 Å². The molecule has 0 aromatic heterocycles. The highest BCUT2D eigenvalue weighted by atomic mass is 35.7. The first-order valence-corrected chi connectivity index (χ1v) is 17.4. The molecular formula is C26H43Cl3N2O8P2. The van der Waals surface area contributed by atoms with E-state index in [1.807, 2.05) is 6.07 Å². The van der Waals surface area contributed by atoms with Crippen LogP contribution >= 0.6 is 48.5 Å². The molecule has 2 unspecified atom stereocenters. The lowest BCUT2D eigenvalue weighted by molar-refractivity contribution is -0.149. The standard InChI is InChI=1S/C12H17ClNO4P.C7H8ClO2P.C6H13NO2.CH4.ClH/c1-9(2)17-12(15)10(3)14-19(13,16)18-11-7-5-4-6-8-11;1-11(8,9)10-7-5-3-2-4-6-7;1-4(2)9-6(8)5(3)7;;/h4-10H,1-3H3,(H,14,16);2-6H,1H3;4-5H,7H2,1-3H3;1H4;1H/t10-,19?;;5-;;/m0.0../s1. The molecular weight excluding hydrogens is 637 g/mol. The molecule has 0 aliphatic rings. The van der Waals surface area contributed by atoms with Crippen molar-refractivity contribution in [3.8, 4) is 11.5 Å². The topological polar surface area (TPSA) is 143 Å². The fourth-order valence-electron chi connectivity index (χ4n) is 2.27. The molecule has 0 heterocycles. The second-order valence-electron chi connectivity index (χ2n) is 8.65. The first kappa shape index (κ1) is 43.7. The van der Waals surface area contributed by atoms with Crippen LogP contribution in [0.2, 0.25) is 0 Å². The number of hydrogen-bond donors (Lipinski definition) is 2. The molecule has 0 spiro atoms. The van der Waals surface area contributed by atoms with Crippen LogP contribution in [0.3, 0.4) is 0 Å². The first-order chi connectivity index (χ1) is 17.9. The number of carbonyl (C=O) groups is 2. The maximum Gasteiger partial charge on any atom is 0.409 e. The smallest absolute Gasteiger partial charge is 0.409 e. The van der Waals surface area contributed by atoms with Crippen LogP contribution in [-0.2, 0) is 28.2 Å². The summed E-state index contributed by atoms with van der Waals surface area (Å²) in [6.07, 6.45) is -0.315. The summed E-state index contributed by atoms with van der Waals surface area (Å²) < 4.78 is 42.7. The van der Waals surface area contributed by atoms with E-state index in [1.54, 1.807) is 89.2 Å². The zero-order valence-electron chi connectivity index (χ0n) is 23.5. The lowest BCUT2D eigenvalue weighted by Crippen LogP contribution is -2.34. The Morgan fingerprint density at radius 3 is 1.44 bits per heavy atom. The fraction of sp³-hybridized carbons (Fsp3) is 0.462. The number of esters is 2. The van der Waals surface area contributed by atoms with Crippen LogP contribution in [-0.4, -0.2) is 42.9 Å². The van der Waals surface area contributed by atoms with Gasteiger partial charge in [-0.05, 0) is 77.0 Å². The minimum atomic E-state index is -3.65. The van der Waals surface area contributed by atoms with Crippen molar-refractivity contribution >= 4 is 60.4 Å². The van der Waals surface area contributed by atoms with Crippen LogP contribution in [0.1, 0.15) is 49.0 Å². The summed E-state index contributed by atoms with van der Waals surface area (Å²) in [5.74, 6) is 0.0173. The SMILES string of the molecule is C.CC(C)OC(=O)[C@H](C)N.CC(C)OC(=O)[C@H](C)NP(=O)(Cl)Oc1ccccc1.CP(=O)(Cl)Oc1ccccc1.Cl. The molecule has 3 N–H and O–H groups in total. The van der Waals surface area contributed by atoms with Crippen molar-refractivity contribution in [2.45, 2.75) is 73.3 Å². The van der Waals surface area contributed by atoms with Gasteiger partial charge in [-0.15, -0.1) is 12.4 Å². The summed E-state index contributed by atoms with van der Waals surface area (Å²) in [7, 11) is 0. The summed E-state index contributed by atoms with van der Waals surface area (Å²) in [5.41, 5.74) is 5.21. The van der Waals surface area contributed by atoms with Crippen LogP contribution in [0.5, 0.6) is 11.5 Å². The summed E-state index contributed by atoms with van der Waals surface area (Å²) in [4.78, 5) is 22.2. The summed E-state index contributed by atoms with van der Waals surface area (Å²) in [6, 6.07) is 16.0. The molecule has 4 atom stereocenters. The van der Waals surface area contributed by atoms with Gasteiger partial charge in [-0.25, -0.2) is 9.65 Å². The molecule has 0 fully saturated rings. The maximum absolute atomic E-state index is 12.0. The number of hydrogen-bond acceptors (Lipinski definition) is 9. The average molecular weight is 680 g/mol. The summed E-state index contributed by atoms with van der Waals surface area (Å²) in [6.45, 7) is 4.95. The lowest BCUT2D eigenvalue weighted by Gasteiger charge is -2.19. The molecule has 0 amide bonds. The number of rotatable bonds is 10.